The Balaban J connectivity index is 0. The first kappa shape index (κ1) is 13.7. The van der Waals surface area contributed by atoms with E-state index in [1.807, 2.05) is 13.8 Å². The van der Waals surface area contributed by atoms with E-state index >= 15 is 0 Å². The van der Waals surface area contributed by atoms with Crippen LogP contribution in [-0.2, 0) is 0 Å². The first-order valence-corrected chi connectivity index (χ1v) is 4.17. The second-order valence-electron chi connectivity index (χ2n) is 2.10. The standard InChI is InChI=1S/C8H12FN.C2H6/c1-7(9)5-3-4-6-8(2)10;1-2/h3-7,10H,1-2H3;1-2H3/b5-3-,6-4-,10-8?;. The molecule has 1 unspecified atom stereocenters. The van der Waals surface area contributed by atoms with Crippen LogP contribution in [0, 0.1) is 5.41 Å². The average Bonchev–Trinajstić information content (AvgIpc) is 2.02. The van der Waals surface area contributed by atoms with Crippen molar-refractivity contribution in [3.05, 3.63) is 24.3 Å². The monoisotopic (exact) mass is 171 g/mol. The van der Waals surface area contributed by atoms with Crippen molar-refractivity contribution in [1.82, 2.24) is 0 Å². The molecule has 0 aromatic carbocycles. The molecule has 1 atom stereocenters. The number of hydrogen-bond acceptors (Lipinski definition) is 1. The van der Waals surface area contributed by atoms with Gasteiger partial charge in [-0.2, -0.15) is 0 Å². The van der Waals surface area contributed by atoms with Crippen molar-refractivity contribution < 1.29 is 4.39 Å². The van der Waals surface area contributed by atoms with Gasteiger partial charge in [0, 0.05) is 5.71 Å². The molecule has 12 heavy (non-hydrogen) atoms. The summed E-state index contributed by atoms with van der Waals surface area (Å²) in [6.45, 7) is 7.13. The highest BCUT2D eigenvalue weighted by atomic mass is 19.1. The molecule has 0 aromatic rings. The Hall–Kier alpha value is -0.920. The maximum Gasteiger partial charge on any atom is 0.116 e. The van der Waals surface area contributed by atoms with Crippen LogP contribution in [0.15, 0.2) is 24.3 Å². The van der Waals surface area contributed by atoms with E-state index in [0.29, 0.717) is 5.71 Å². The first-order chi connectivity index (χ1) is 5.63. The van der Waals surface area contributed by atoms with Gasteiger partial charge >= 0.3 is 0 Å². The van der Waals surface area contributed by atoms with Crippen molar-refractivity contribution in [1.29, 1.82) is 5.41 Å². The van der Waals surface area contributed by atoms with Crippen LogP contribution in [0.1, 0.15) is 27.7 Å². The Kier molecular flexibility index (Phi) is 11.5. The third-order valence-corrected chi connectivity index (χ3v) is 0.834. The maximum atomic E-state index is 12.1. The van der Waals surface area contributed by atoms with Gasteiger partial charge < -0.3 is 5.41 Å². The summed E-state index contributed by atoms with van der Waals surface area (Å²) in [5.41, 5.74) is 0.469. The molecule has 0 aliphatic carbocycles. The highest BCUT2D eigenvalue weighted by molar-refractivity contribution is 5.90. The lowest BCUT2D eigenvalue weighted by molar-refractivity contribution is 0.430. The minimum absolute atomic E-state index is 0.469. The molecule has 0 bridgehead atoms. The molecule has 0 rings (SSSR count). The van der Waals surface area contributed by atoms with Crippen LogP contribution in [0.4, 0.5) is 4.39 Å². The SMILES string of the molecule is CC.CC(=N)/C=C\C=C/C(C)F. The highest BCUT2D eigenvalue weighted by Crippen LogP contribution is 1.89. The lowest BCUT2D eigenvalue weighted by atomic mass is 10.3. The van der Waals surface area contributed by atoms with Crippen molar-refractivity contribution in [2.24, 2.45) is 0 Å². The largest absolute Gasteiger partial charge is 0.306 e. The number of hydrogen-bond donors (Lipinski definition) is 1. The summed E-state index contributed by atoms with van der Waals surface area (Å²) in [7, 11) is 0. The van der Waals surface area contributed by atoms with Crippen LogP contribution >= 0.6 is 0 Å². The number of nitrogens with one attached hydrogen (secondary N) is 1. The number of allylic oxidation sites excluding steroid dienone is 4. The van der Waals surface area contributed by atoms with Crippen LogP contribution in [0.3, 0.4) is 0 Å². The van der Waals surface area contributed by atoms with E-state index in [1.54, 1.807) is 25.2 Å². The lowest BCUT2D eigenvalue weighted by Gasteiger charge is -1.85. The minimum Gasteiger partial charge on any atom is -0.306 e. The zero-order chi connectivity index (χ0) is 9.98. The molecule has 0 fully saturated rings. The van der Waals surface area contributed by atoms with Gasteiger partial charge in [0.25, 0.3) is 0 Å². The molecule has 0 radical (unpaired) electrons. The van der Waals surface area contributed by atoms with Gasteiger partial charge in [0.05, 0.1) is 0 Å². The predicted octanol–water partition coefficient (Wildman–Crippen LogP) is 3.52. The molecule has 0 heterocycles. The predicted molar refractivity (Wildman–Crippen MR) is 53.6 cm³/mol. The molecule has 0 aliphatic rings. The van der Waals surface area contributed by atoms with Gasteiger partial charge in [0.2, 0.25) is 0 Å². The number of rotatable bonds is 3. The molecule has 1 nitrogen and oxygen atoms in total. The summed E-state index contributed by atoms with van der Waals surface area (Å²) in [4.78, 5) is 0. The first-order valence-electron chi connectivity index (χ1n) is 4.17. The molecule has 0 aromatic heterocycles. The van der Waals surface area contributed by atoms with Crippen molar-refractivity contribution in [3.8, 4) is 0 Å². The van der Waals surface area contributed by atoms with Crippen molar-refractivity contribution in [3.63, 3.8) is 0 Å². The third kappa shape index (κ3) is 16.0. The Morgan fingerprint density at radius 1 is 1.33 bits per heavy atom. The second-order valence-corrected chi connectivity index (χ2v) is 2.10. The van der Waals surface area contributed by atoms with Gasteiger partial charge in [-0.1, -0.05) is 32.1 Å². The second kappa shape index (κ2) is 10.1. The summed E-state index contributed by atoms with van der Waals surface area (Å²) in [5, 5.41) is 6.97. The normalized spacial score (nSPS) is 12.8. The summed E-state index contributed by atoms with van der Waals surface area (Å²) in [6.07, 6.45) is 5.38. The molecule has 0 saturated carbocycles. The Bertz CT molecular complexity index is 157. The highest BCUT2D eigenvalue weighted by Gasteiger charge is 1.83. The van der Waals surface area contributed by atoms with Gasteiger partial charge in [-0.05, 0) is 19.9 Å². The Morgan fingerprint density at radius 3 is 2.17 bits per heavy atom. The molecule has 0 aliphatic heterocycles. The average molecular weight is 171 g/mol. The van der Waals surface area contributed by atoms with E-state index in [9.17, 15) is 4.39 Å². The molecular formula is C10H18FN. The van der Waals surface area contributed by atoms with E-state index < -0.39 is 6.17 Å². The van der Waals surface area contributed by atoms with Crippen molar-refractivity contribution in [2.75, 3.05) is 0 Å². The molecule has 0 saturated heterocycles. The Morgan fingerprint density at radius 2 is 1.83 bits per heavy atom. The van der Waals surface area contributed by atoms with Gasteiger partial charge in [-0.15, -0.1) is 0 Å². The summed E-state index contributed by atoms with van der Waals surface area (Å²) >= 11 is 0. The van der Waals surface area contributed by atoms with E-state index in [1.165, 1.54) is 13.0 Å². The van der Waals surface area contributed by atoms with Crippen LogP contribution in [-0.4, -0.2) is 11.9 Å². The Labute approximate surface area is 74.5 Å². The van der Waals surface area contributed by atoms with E-state index in [0.717, 1.165) is 0 Å². The maximum absolute atomic E-state index is 12.1. The molecular weight excluding hydrogens is 153 g/mol. The van der Waals surface area contributed by atoms with E-state index in [-0.39, 0.29) is 0 Å². The third-order valence-electron chi connectivity index (χ3n) is 0.834. The number of halogens is 1. The fourth-order valence-corrected chi connectivity index (χ4v) is 0.417. The summed E-state index contributed by atoms with van der Waals surface area (Å²) in [6, 6.07) is 0. The zero-order valence-electron chi connectivity index (χ0n) is 8.26. The summed E-state index contributed by atoms with van der Waals surface area (Å²) in [5.74, 6) is 0. The number of alkyl halides is 1. The van der Waals surface area contributed by atoms with Crippen LogP contribution < -0.4 is 0 Å². The fourth-order valence-electron chi connectivity index (χ4n) is 0.417. The van der Waals surface area contributed by atoms with Gasteiger partial charge in [0.1, 0.15) is 6.17 Å². The van der Waals surface area contributed by atoms with Gasteiger partial charge in [-0.25, -0.2) is 4.39 Å². The molecule has 0 amide bonds. The molecule has 70 valence electrons. The van der Waals surface area contributed by atoms with Crippen molar-refractivity contribution in [2.45, 2.75) is 33.9 Å². The minimum atomic E-state index is -0.907. The molecule has 2 heteroatoms. The fraction of sp³-hybridized carbons (Fsp3) is 0.500. The van der Waals surface area contributed by atoms with Crippen LogP contribution in [0.5, 0.6) is 0 Å². The van der Waals surface area contributed by atoms with Gasteiger partial charge in [0.15, 0.2) is 0 Å². The summed E-state index contributed by atoms with van der Waals surface area (Å²) < 4.78 is 12.1. The van der Waals surface area contributed by atoms with E-state index in [2.05, 4.69) is 0 Å². The van der Waals surface area contributed by atoms with Crippen LogP contribution in [0.25, 0.3) is 0 Å². The van der Waals surface area contributed by atoms with Crippen molar-refractivity contribution >= 4 is 5.71 Å². The van der Waals surface area contributed by atoms with Crippen LogP contribution in [0.2, 0.25) is 0 Å². The molecule has 1 N–H and O–H groups in total. The smallest absolute Gasteiger partial charge is 0.116 e. The van der Waals surface area contributed by atoms with Gasteiger partial charge in [-0.3, -0.25) is 0 Å². The topological polar surface area (TPSA) is 23.9 Å². The molecule has 0 spiro atoms. The zero-order valence-corrected chi connectivity index (χ0v) is 8.26. The van der Waals surface area contributed by atoms with E-state index in [4.69, 9.17) is 5.41 Å². The lowest BCUT2D eigenvalue weighted by Crippen LogP contribution is -1.81. The quantitative estimate of drug-likeness (QED) is 0.496.